The molecule has 0 amide bonds. The van der Waals surface area contributed by atoms with Crippen molar-refractivity contribution in [1.82, 2.24) is 0 Å². The Morgan fingerprint density at radius 2 is 1.70 bits per heavy atom. The molecule has 0 aromatic heterocycles. The molecule has 0 radical (unpaired) electrons. The monoisotopic (exact) mass is 341 g/mol. The zero-order valence-corrected chi connectivity index (χ0v) is 11.5. The Kier molecular flexibility index (Phi) is 4.00. The lowest BCUT2D eigenvalue weighted by atomic mass is 10.2. The molecule has 0 N–H and O–H groups in total. The molecule has 6 heteroatoms. The summed E-state index contributed by atoms with van der Waals surface area (Å²) in [7, 11) is 0. The highest BCUT2D eigenvalue weighted by molar-refractivity contribution is 9.10. The van der Waals surface area contributed by atoms with E-state index in [9.17, 15) is 13.2 Å². The molecule has 0 aliphatic rings. The Balaban J connectivity index is 2.35. The van der Waals surface area contributed by atoms with Gasteiger partial charge in [0, 0.05) is 4.47 Å². The summed E-state index contributed by atoms with van der Waals surface area (Å²) in [5.41, 5.74) is -0.458. The van der Waals surface area contributed by atoms with Crippen LogP contribution in [0.25, 0.3) is 0 Å². The van der Waals surface area contributed by atoms with E-state index in [1.165, 1.54) is 36.4 Å². The molecule has 2 rings (SSSR count). The molecule has 0 unspecified atom stereocenters. The van der Waals surface area contributed by atoms with Crippen LogP contribution in [0.1, 0.15) is 11.1 Å². The quantitative estimate of drug-likeness (QED) is 0.758. The van der Waals surface area contributed by atoms with Crippen LogP contribution >= 0.6 is 15.9 Å². The average molecular weight is 342 g/mol. The maximum Gasteiger partial charge on any atom is 0.420 e. The summed E-state index contributed by atoms with van der Waals surface area (Å²) in [6.45, 7) is 0. The summed E-state index contributed by atoms with van der Waals surface area (Å²) in [6.07, 6.45) is -4.51. The van der Waals surface area contributed by atoms with Crippen molar-refractivity contribution in [3.05, 3.63) is 58.1 Å². The minimum absolute atomic E-state index is 0.233. The number of nitrogens with zero attached hydrogens (tertiary/aromatic N) is 1. The molecular weight excluding hydrogens is 335 g/mol. The summed E-state index contributed by atoms with van der Waals surface area (Å²) in [5.74, 6) is -0.0535. The Bertz CT molecular complexity index is 660. The van der Waals surface area contributed by atoms with Crippen LogP contribution in [-0.4, -0.2) is 0 Å². The van der Waals surface area contributed by atoms with Crippen molar-refractivity contribution in [1.29, 1.82) is 5.26 Å². The van der Waals surface area contributed by atoms with Crippen LogP contribution in [0.2, 0.25) is 0 Å². The molecule has 0 fully saturated rings. The van der Waals surface area contributed by atoms with Gasteiger partial charge >= 0.3 is 6.18 Å². The average Bonchev–Trinajstić information content (AvgIpc) is 2.40. The lowest BCUT2D eigenvalue weighted by molar-refractivity contribution is -0.138. The van der Waals surface area contributed by atoms with Crippen molar-refractivity contribution >= 4 is 15.9 Å². The van der Waals surface area contributed by atoms with Crippen molar-refractivity contribution in [2.45, 2.75) is 6.18 Å². The van der Waals surface area contributed by atoms with Crippen molar-refractivity contribution in [3.63, 3.8) is 0 Å². The van der Waals surface area contributed by atoms with E-state index in [1.807, 2.05) is 6.07 Å². The number of alkyl halides is 3. The van der Waals surface area contributed by atoms with E-state index < -0.39 is 11.7 Å². The summed E-state index contributed by atoms with van der Waals surface area (Å²) >= 11 is 3.00. The highest BCUT2D eigenvalue weighted by atomic mass is 79.9. The number of hydrogen-bond acceptors (Lipinski definition) is 2. The number of halogens is 4. The number of rotatable bonds is 2. The van der Waals surface area contributed by atoms with Gasteiger partial charge in [-0.3, -0.25) is 0 Å². The number of hydrogen-bond donors (Lipinski definition) is 0. The van der Waals surface area contributed by atoms with Gasteiger partial charge in [0.1, 0.15) is 11.5 Å². The molecule has 2 nitrogen and oxygen atoms in total. The molecule has 2 aromatic carbocycles. The second-order valence-corrected chi connectivity index (χ2v) is 4.79. The van der Waals surface area contributed by atoms with E-state index in [1.54, 1.807) is 0 Å². The van der Waals surface area contributed by atoms with E-state index >= 15 is 0 Å². The van der Waals surface area contributed by atoms with Crippen LogP contribution in [0.5, 0.6) is 11.5 Å². The molecule has 20 heavy (non-hydrogen) atoms. The molecule has 102 valence electrons. The minimum Gasteiger partial charge on any atom is -0.457 e. The minimum atomic E-state index is -4.51. The number of nitriles is 1. The van der Waals surface area contributed by atoms with E-state index in [0.717, 1.165) is 6.07 Å². The third-order valence-electron chi connectivity index (χ3n) is 2.46. The van der Waals surface area contributed by atoms with Crippen molar-refractivity contribution in [3.8, 4) is 17.6 Å². The Morgan fingerprint density at radius 3 is 2.25 bits per heavy atom. The first-order chi connectivity index (χ1) is 9.40. The van der Waals surface area contributed by atoms with Gasteiger partial charge in [-0.25, -0.2) is 0 Å². The lowest BCUT2D eigenvalue weighted by Gasteiger charge is -2.14. The predicted octanol–water partition coefficient (Wildman–Crippen LogP) is 5.13. The fourth-order valence-electron chi connectivity index (χ4n) is 1.54. The van der Waals surface area contributed by atoms with Gasteiger partial charge in [0.2, 0.25) is 0 Å². The van der Waals surface area contributed by atoms with Gasteiger partial charge in [-0.2, -0.15) is 18.4 Å². The second kappa shape index (κ2) is 5.55. The molecule has 0 aliphatic carbocycles. The first kappa shape index (κ1) is 14.4. The molecule has 2 aromatic rings. The van der Waals surface area contributed by atoms with Crippen LogP contribution in [0.4, 0.5) is 13.2 Å². The van der Waals surface area contributed by atoms with Crippen LogP contribution in [0.15, 0.2) is 46.9 Å². The SMILES string of the molecule is N#Cc1ccc(Oc2ccc(Br)cc2C(F)(F)F)cc1. The summed E-state index contributed by atoms with van der Waals surface area (Å²) in [5, 5.41) is 8.65. The molecule has 0 atom stereocenters. The Morgan fingerprint density at radius 1 is 1.05 bits per heavy atom. The van der Waals surface area contributed by atoms with Crippen molar-refractivity contribution < 1.29 is 17.9 Å². The van der Waals surface area contributed by atoms with Gasteiger partial charge in [0.05, 0.1) is 17.2 Å². The summed E-state index contributed by atoms with van der Waals surface area (Å²) in [4.78, 5) is 0. The third kappa shape index (κ3) is 3.31. The molecule has 0 saturated heterocycles. The first-order valence-corrected chi connectivity index (χ1v) is 6.24. The second-order valence-electron chi connectivity index (χ2n) is 3.88. The van der Waals surface area contributed by atoms with Gasteiger partial charge in [-0.05, 0) is 42.5 Å². The van der Waals surface area contributed by atoms with Crippen LogP contribution in [-0.2, 0) is 6.18 Å². The normalized spacial score (nSPS) is 10.9. The lowest BCUT2D eigenvalue weighted by Crippen LogP contribution is -2.07. The smallest absolute Gasteiger partial charge is 0.420 e. The maximum absolute atomic E-state index is 12.9. The largest absolute Gasteiger partial charge is 0.457 e. The zero-order valence-electron chi connectivity index (χ0n) is 9.91. The Labute approximate surface area is 121 Å². The predicted molar refractivity (Wildman–Crippen MR) is 70.4 cm³/mol. The summed E-state index contributed by atoms with van der Waals surface area (Å²) < 4.78 is 44.3. The van der Waals surface area contributed by atoms with Crippen molar-refractivity contribution in [2.24, 2.45) is 0 Å². The molecule has 0 heterocycles. The molecule has 0 aliphatic heterocycles. The van der Waals surface area contributed by atoms with Crippen molar-refractivity contribution in [2.75, 3.05) is 0 Å². The van der Waals surface area contributed by atoms with E-state index in [2.05, 4.69) is 15.9 Å². The van der Waals surface area contributed by atoms with Gasteiger partial charge in [-0.1, -0.05) is 15.9 Å². The Hall–Kier alpha value is -2.00. The number of ether oxygens (including phenoxy) is 1. The molecule has 0 spiro atoms. The standard InChI is InChI=1S/C14H7BrF3NO/c15-10-3-6-13(12(7-10)14(16,17)18)20-11-4-1-9(8-19)2-5-11/h1-7H. The number of benzene rings is 2. The van der Waals surface area contributed by atoms with E-state index in [0.29, 0.717) is 10.0 Å². The van der Waals surface area contributed by atoms with Gasteiger partial charge in [0.25, 0.3) is 0 Å². The van der Waals surface area contributed by atoms with E-state index in [-0.39, 0.29) is 11.5 Å². The van der Waals surface area contributed by atoms with E-state index in [4.69, 9.17) is 10.00 Å². The fourth-order valence-corrected chi connectivity index (χ4v) is 1.90. The highest BCUT2D eigenvalue weighted by Gasteiger charge is 2.34. The summed E-state index contributed by atoms with van der Waals surface area (Å²) in [6, 6.07) is 11.4. The maximum atomic E-state index is 12.9. The molecular formula is C14H7BrF3NO. The third-order valence-corrected chi connectivity index (χ3v) is 2.95. The first-order valence-electron chi connectivity index (χ1n) is 5.45. The highest BCUT2D eigenvalue weighted by Crippen LogP contribution is 2.39. The fraction of sp³-hybridized carbons (Fsp3) is 0.0714. The van der Waals surface area contributed by atoms with Gasteiger partial charge in [0.15, 0.2) is 0 Å². The van der Waals surface area contributed by atoms with Crippen LogP contribution in [0, 0.1) is 11.3 Å². The zero-order chi connectivity index (χ0) is 14.8. The molecule has 0 bridgehead atoms. The van der Waals surface area contributed by atoms with Crippen LogP contribution < -0.4 is 4.74 Å². The van der Waals surface area contributed by atoms with Crippen LogP contribution in [0.3, 0.4) is 0 Å². The topological polar surface area (TPSA) is 33.0 Å². The van der Waals surface area contributed by atoms with Gasteiger partial charge < -0.3 is 4.74 Å². The molecule has 0 saturated carbocycles. The van der Waals surface area contributed by atoms with Gasteiger partial charge in [-0.15, -0.1) is 0 Å².